The molecule has 0 amide bonds. The smallest absolute Gasteiger partial charge is 0.381 e. The van der Waals surface area contributed by atoms with Crippen LogP contribution in [-0.4, -0.2) is 41.1 Å². The Morgan fingerprint density at radius 2 is 1.48 bits per heavy atom. The summed E-state index contributed by atoms with van der Waals surface area (Å²) in [5, 5.41) is 10.7. The molecular formula is C20H12O7. The Hall–Kier alpha value is -3.74. The fraction of sp³-hybridized carbons (Fsp3) is 0.100. The van der Waals surface area contributed by atoms with Gasteiger partial charge in [-0.2, -0.15) is 0 Å². The molecule has 0 aromatic heterocycles. The van der Waals surface area contributed by atoms with Crippen LogP contribution >= 0.6 is 0 Å². The van der Waals surface area contributed by atoms with E-state index >= 15 is 0 Å². The van der Waals surface area contributed by atoms with Crippen molar-refractivity contribution in [3.8, 4) is 5.75 Å². The van der Waals surface area contributed by atoms with Crippen LogP contribution in [0.3, 0.4) is 0 Å². The number of Topliss-reactive ketones (excluding diaryl/α,β-unsaturated/α-hetero) is 3. The van der Waals surface area contributed by atoms with Gasteiger partial charge in [0.15, 0.2) is 0 Å². The van der Waals surface area contributed by atoms with Gasteiger partial charge in [0.25, 0.3) is 11.4 Å². The van der Waals surface area contributed by atoms with Crippen molar-refractivity contribution < 1.29 is 33.8 Å². The van der Waals surface area contributed by atoms with Crippen molar-refractivity contribution in [2.45, 2.75) is 5.60 Å². The van der Waals surface area contributed by atoms with Gasteiger partial charge in [-0.25, -0.2) is 4.79 Å². The minimum absolute atomic E-state index is 0.0324. The summed E-state index contributed by atoms with van der Waals surface area (Å²) in [6, 6.07) is 11.8. The molecule has 27 heavy (non-hydrogen) atoms. The molecule has 1 aliphatic heterocycles. The van der Waals surface area contributed by atoms with Crippen LogP contribution in [0.4, 0.5) is 0 Å². The first kappa shape index (κ1) is 16.7. The van der Waals surface area contributed by atoms with Crippen LogP contribution in [0.5, 0.6) is 5.75 Å². The number of ketones is 3. The number of fused-ring (bicyclic) bond motifs is 1. The van der Waals surface area contributed by atoms with Crippen molar-refractivity contribution in [3.05, 3.63) is 70.8 Å². The number of aliphatic hydroxyl groups is 1. The fourth-order valence-electron chi connectivity index (χ4n) is 3.35. The lowest BCUT2D eigenvalue weighted by Crippen LogP contribution is -2.43. The topological polar surface area (TPSA) is 107 Å². The van der Waals surface area contributed by atoms with Gasteiger partial charge in [0.1, 0.15) is 17.1 Å². The van der Waals surface area contributed by atoms with E-state index in [9.17, 15) is 24.3 Å². The maximum atomic E-state index is 13.0. The van der Waals surface area contributed by atoms with Crippen molar-refractivity contribution in [3.63, 3.8) is 0 Å². The summed E-state index contributed by atoms with van der Waals surface area (Å²) in [5.74, 6) is -4.45. The van der Waals surface area contributed by atoms with E-state index in [2.05, 4.69) is 0 Å². The van der Waals surface area contributed by atoms with Crippen molar-refractivity contribution in [1.82, 2.24) is 0 Å². The predicted octanol–water partition coefficient (Wildman–Crippen LogP) is 1.91. The normalized spacial score (nSPS) is 19.3. The SMILES string of the molecule is COc1ccc(C(O)=C2C(=O)C(=O)OC23C(=O)c2ccccc2C3=O)cc1. The second-order valence-corrected chi connectivity index (χ2v) is 6.06. The van der Waals surface area contributed by atoms with E-state index in [1.165, 1.54) is 43.5 Å². The number of benzene rings is 2. The summed E-state index contributed by atoms with van der Waals surface area (Å²) < 4.78 is 10.0. The molecule has 1 fully saturated rings. The Kier molecular flexibility index (Phi) is 3.49. The van der Waals surface area contributed by atoms with Gasteiger partial charge in [-0.3, -0.25) is 14.4 Å². The quantitative estimate of drug-likeness (QED) is 0.285. The number of aliphatic hydroxyl groups excluding tert-OH is 1. The van der Waals surface area contributed by atoms with Gasteiger partial charge in [-0.1, -0.05) is 24.3 Å². The van der Waals surface area contributed by atoms with E-state index in [4.69, 9.17) is 9.47 Å². The van der Waals surface area contributed by atoms with E-state index in [0.717, 1.165) is 0 Å². The van der Waals surface area contributed by atoms with E-state index < -0.39 is 40.3 Å². The Bertz CT molecular complexity index is 1020. The monoisotopic (exact) mass is 364 g/mol. The molecule has 0 atom stereocenters. The van der Waals surface area contributed by atoms with Crippen molar-refractivity contribution in [2.24, 2.45) is 0 Å². The number of rotatable bonds is 2. The van der Waals surface area contributed by atoms with Crippen LogP contribution in [0, 0.1) is 0 Å². The van der Waals surface area contributed by atoms with Crippen LogP contribution in [-0.2, 0) is 14.3 Å². The first-order valence-corrected chi connectivity index (χ1v) is 7.96. The van der Waals surface area contributed by atoms with E-state index in [0.29, 0.717) is 5.75 Å². The van der Waals surface area contributed by atoms with Gasteiger partial charge < -0.3 is 14.6 Å². The molecule has 1 spiro atoms. The second kappa shape index (κ2) is 5.63. The number of esters is 1. The fourth-order valence-corrected chi connectivity index (χ4v) is 3.35. The molecule has 2 aromatic carbocycles. The van der Waals surface area contributed by atoms with Gasteiger partial charge in [0.2, 0.25) is 11.6 Å². The Labute approximate surface area is 152 Å². The molecule has 1 N–H and O–H groups in total. The van der Waals surface area contributed by atoms with Gasteiger partial charge in [-0.15, -0.1) is 0 Å². The molecule has 1 aliphatic carbocycles. The summed E-state index contributed by atoms with van der Waals surface area (Å²) >= 11 is 0. The third-order valence-electron chi connectivity index (χ3n) is 4.67. The highest BCUT2D eigenvalue weighted by Gasteiger charge is 2.67. The summed E-state index contributed by atoms with van der Waals surface area (Å²) in [4.78, 5) is 50.3. The predicted molar refractivity (Wildman–Crippen MR) is 91.5 cm³/mol. The molecular weight excluding hydrogens is 352 g/mol. The molecule has 2 aliphatic rings. The molecule has 2 aromatic rings. The van der Waals surface area contributed by atoms with Gasteiger partial charge in [0, 0.05) is 16.7 Å². The number of ether oxygens (including phenoxy) is 2. The minimum atomic E-state index is -2.48. The van der Waals surface area contributed by atoms with Gasteiger partial charge in [0.05, 0.1) is 7.11 Å². The molecule has 7 heteroatoms. The zero-order chi connectivity index (χ0) is 19.3. The third-order valence-corrected chi connectivity index (χ3v) is 4.67. The van der Waals surface area contributed by atoms with Crippen LogP contribution in [0.2, 0.25) is 0 Å². The molecule has 1 heterocycles. The lowest BCUT2D eigenvalue weighted by atomic mass is 9.85. The summed E-state index contributed by atoms with van der Waals surface area (Å²) in [6.45, 7) is 0. The van der Waals surface area contributed by atoms with Gasteiger partial charge >= 0.3 is 5.97 Å². The highest BCUT2D eigenvalue weighted by atomic mass is 16.6. The highest BCUT2D eigenvalue weighted by molar-refractivity contribution is 6.52. The molecule has 1 saturated heterocycles. The summed E-state index contributed by atoms with van der Waals surface area (Å²) in [6.07, 6.45) is 0. The summed E-state index contributed by atoms with van der Waals surface area (Å²) in [5.41, 5.74) is -2.95. The molecule has 0 saturated carbocycles. The number of hydrogen-bond acceptors (Lipinski definition) is 7. The first-order chi connectivity index (χ1) is 12.9. The lowest BCUT2D eigenvalue weighted by Gasteiger charge is -2.20. The van der Waals surface area contributed by atoms with Crippen molar-refractivity contribution in [1.29, 1.82) is 0 Å². The van der Waals surface area contributed by atoms with Crippen molar-refractivity contribution >= 4 is 29.1 Å². The molecule has 4 rings (SSSR count). The second-order valence-electron chi connectivity index (χ2n) is 6.06. The standard InChI is InChI=1S/C20H12O7/c1-26-11-8-6-10(7-9-11)15(21)14-16(22)19(25)27-20(14)17(23)12-4-2-3-5-13(12)18(20)24/h2-9,21H,1H3. The zero-order valence-electron chi connectivity index (χ0n) is 14.0. The number of carbonyl (C=O) groups excluding carboxylic acids is 4. The molecule has 0 radical (unpaired) electrons. The number of methoxy groups -OCH3 is 1. The third kappa shape index (κ3) is 2.08. The molecule has 134 valence electrons. The molecule has 7 nitrogen and oxygen atoms in total. The van der Waals surface area contributed by atoms with E-state index in [1.807, 2.05) is 0 Å². The van der Waals surface area contributed by atoms with Crippen LogP contribution in [0.15, 0.2) is 54.1 Å². The number of hydrogen-bond donors (Lipinski definition) is 1. The molecule has 0 bridgehead atoms. The maximum absolute atomic E-state index is 13.0. The number of carbonyl (C=O) groups is 4. The van der Waals surface area contributed by atoms with E-state index in [-0.39, 0.29) is 16.7 Å². The average molecular weight is 364 g/mol. The first-order valence-electron chi connectivity index (χ1n) is 7.96. The maximum Gasteiger partial charge on any atom is 0.381 e. The largest absolute Gasteiger partial charge is 0.507 e. The lowest BCUT2D eigenvalue weighted by molar-refractivity contribution is -0.149. The molecule has 0 unspecified atom stereocenters. The zero-order valence-corrected chi connectivity index (χ0v) is 14.0. The van der Waals surface area contributed by atoms with Crippen LogP contribution in [0.25, 0.3) is 5.76 Å². The van der Waals surface area contributed by atoms with Crippen molar-refractivity contribution in [2.75, 3.05) is 7.11 Å². The Morgan fingerprint density at radius 1 is 0.926 bits per heavy atom. The average Bonchev–Trinajstić information content (AvgIpc) is 3.08. The van der Waals surface area contributed by atoms with Crippen LogP contribution < -0.4 is 4.74 Å². The minimum Gasteiger partial charge on any atom is -0.507 e. The Balaban J connectivity index is 1.95. The van der Waals surface area contributed by atoms with Gasteiger partial charge in [-0.05, 0) is 24.3 Å². The van der Waals surface area contributed by atoms with Crippen LogP contribution in [0.1, 0.15) is 26.3 Å². The van der Waals surface area contributed by atoms with E-state index in [1.54, 1.807) is 12.1 Å². The summed E-state index contributed by atoms with van der Waals surface area (Å²) in [7, 11) is 1.46. The highest BCUT2D eigenvalue weighted by Crippen LogP contribution is 2.44. The Morgan fingerprint density at radius 3 is 2.00 bits per heavy atom.